The second-order valence-electron chi connectivity index (χ2n) is 11.6. The van der Waals surface area contributed by atoms with Gasteiger partial charge in [0, 0.05) is 24.7 Å². The molecular weight excluding hydrogens is 481 g/mol. The molecule has 0 amide bonds. The van der Waals surface area contributed by atoms with Crippen LogP contribution in [-0.2, 0) is 28.7 Å². The number of ether oxygens (including phenoxy) is 2. The number of Topliss-reactive ketones (excluding diaryl/α,β-unsaturated/α-hetero) is 1. The molecule has 0 bridgehead atoms. The van der Waals surface area contributed by atoms with E-state index < -0.39 is 59.0 Å². The van der Waals surface area contributed by atoms with Gasteiger partial charge >= 0.3 is 18.1 Å². The van der Waals surface area contributed by atoms with E-state index in [2.05, 4.69) is 0 Å². The van der Waals surface area contributed by atoms with Crippen molar-refractivity contribution in [2.75, 3.05) is 6.61 Å². The van der Waals surface area contributed by atoms with Crippen molar-refractivity contribution in [1.82, 2.24) is 0 Å². The molecule has 0 aromatic carbocycles. The number of aliphatic hydroxyl groups is 1. The number of alkyl halides is 3. The molecule has 10 heteroatoms. The fraction of sp³-hybridized carbons (Fsp3) is 0.769. The summed E-state index contributed by atoms with van der Waals surface area (Å²) in [5.41, 5.74) is -2.92. The molecule has 0 radical (unpaired) electrons. The molecule has 0 saturated heterocycles. The van der Waals surface area contributed by atoms with Crippen LogP contribution in [0.5, 0.6) is 0 Å². The van der Waals surface area contributed by atoms with Crippen molar-refractivity contribution in [3.63, 3.8) is 0 Å². The smallest absolute Gasteiger partial charge is 0.458 e. The Morgan fingerprint density at radius 1 is 1.19 bits per heavy atom. The molecule has 0 heterocycles. The number of hydrogen-bond acceptors (Lipinski definition) is 7. The van der Waals surface area contributed by atoms with Crippen LogP contribution in [0.15, 0.2) is 11.6 Å². The third-order valence-electron chi connectivity index (χ3n) is 9.70. The number of carbonyl (C=O) groups is 4. The highest BCUT2D eigenvalue weighted by Gasteiger charge is 2.70. The van der Waals surface area contributed by atoms with Gasteiger partial charge in [-0.25, -0.2) is 4.79 Å². The summed E-state index contributed by atoms with van der Waals surface area (Å²) in [6.45, 7) is 6.08. The van der Waals surface area contributed by atoms with Gasteiger partial charge in [0.25, 0.3) is 0 Å². The summed E-state index contributed by atoms with van der Waals surface area (Å²) in [7, 11) is 0. The first-order chi connectivity index (χ1) is 16.5. The molecule has 0 aliphatic heterocycles. The Morgan fingerprint density at radius 3 is 2.47 bits per heavy atom. The Hall–Kier alpha value is -2.23. The van der Waals surface area contributed by atoms with Gasteiger partial charge in [0.1, 0.15) is 11.7 Å². The van der Waals surface area contributed by atoms with Crippen LogP contribution in [0, 0.1) is 34.5 Å². The lowest BCUT2D eigenvalue weighted by molar-refractivity contribution is -0.228. The summed E-state index contributed by atoms with van der Waals surface area (Å²) >= 11 is 0. The first-order valence-corrected chi connectivity index (χ1v) is 12.5. The van der Waals surface area contributed by atoms with Crippen LogP contribution in [0.2, 0.25) is 0 Å². The van der Waals surface area contributed by atoms with Crippen LogP contribution >= 0.6 is 0 Å². The molecule has 36 heavy (non-hydrogen) atoms. The number of fused-ring (bicyclic) bond motifs is 5. The molecule has 4 aliphatic carbocycles. The van der Waals surface area contributed by atoms with Crippen molar-refractivity contribution in [1.29, 1.82) is 0 Å². The van der Waals surface area contributed by atoms with E-state index in [1.807, 2.05) is 13.8 Å². The molecule has 0 unspecified atom stereocenters. The molecule has 7 nitrogen and oxygen atoms in total. The molecule has 0 aromatic rings. The second-order valence-corrected chi connectivity index (χ2v) is 11.6. The first kappa shape index (κ1) is 26.8. The molecule has 3 saturated carbocycles. The fourth-order valence-electron chi connectivity index (χ4n) is 8.15. The van der Waals surface area contributed by atoms with Crippen LogP contribution in [0.3, 0.4) is 0 Å². The summed E-state index contributed by atoms with van der Waals surface area (Å²) in [4.78, 5) is 48.7. The van der Waals surface area contributed by atoms with Gasteiger partial charge in [0.15, 0.2) is 12.4 Å². The Labute approximate surface area is 207 Å². The summed E-state index contributed by atoms with van der Waals surface area (Å²) in [6, 6.07) is 0. The van der Waals surface area contributed by atoms with Gasteiger partial charge in [-0.1, -0.05) is 26.3 Å². The quantitative estimate of drug-likeness (QED) is 0.570. The van der Waals surface area contributed by atoms with Crippen LogP contribution in [0.25, 0.3) is 0 Å². The Morgan fingerprint density at radius 2 is 1.86 bits per heavy atom. The summed E-state index contributed by atoms with van der Waals surface area (Å²) < 4.78 is 49.9. The lowest BCUT2D eigenvalue weighted by Crippen LogP contribution is -2.63. The molecule has 8 atom stereocenters. The topological polar surface area (TPSA) is 107 Å². The molecule has 4 rings (SSSR count). The van der Waals surface area contributed by atoms with E-state index in [0.29, 0.717) is 19.3 Å². The van der Waals surface area contributed by atoms with E-state index in [4.69, 9.17) is 9.47 Å². The van der Waals surface area contributed by atoms with Gasteiger partial charge in [-0.05, 0) is 61.3 Å². The maximum atomic E-state index is 13.3. The standard InChI is InChI=1S/C26H33F3O7/c1-13-9-16-17-6-8-25(34,20(32)12-35-14(2)30)24(17,4)11-19(36-22(33)26(27,28)29)21(16)23(3)7-5-15(31)10-18(13)23/h10,13,16-17,19,21,34H,5-9,11-12H2,1-4H3/t13-,16-,17-,19-,21+,23-,24-,25-/m0/s1. The zero-order valence-electron chi connectivity index (χ0n) is 20.9. The van der Waals surface area contributed by atoms with Crippen molar-refractivity contribution in [3.8, 4) is 0 Å². The van der Waals surface area contributed by atoms with Crippen LogP contribution in [0.1, 0.15) is 66.2 Å². The number of carbonyl (C=O) groups excluding carboxylic acids is 4. The van der Waals surface area contributed by atoms with Crippen molar-refractivity contribution >= 4 is 23.5 Å². The lowest BCUT2D eigenvalue weighted by atomic mass is 9.44. The van der Waals surface area contributed by atoms with Crippen LogP contribution < -0.4 is 0 Å². The van der Waals surface area contributed by atoms with Gasteiger partial charge in [0.05, 0.1) is 0 Å². The second kappa shape index (κ2) is 8.67. The number of allylic oxidation sites excluding steroid dienone is 1. The summed E-state index contributed by atoms with van der Waals surface area (Å²) in [5.74, 6) is -4.72. The van der Waals surface area contributed by atoms with Gasteiger partial charge in [0.2, 0.25) is 5.78 Å². The Bertz CT molecular complexity index is 1020. The minimum Gasteiger partial charge on any atom is -0.458 e. The summed E-state index contributed by atoms with van der Waals surface area (Å²) in [6.07, 6.45) is -3.20. The van der Waals surface area contributed by atoms with Gasteiger partial charge < -0.3 is 14.6 Å². The molecule has 200 valence electrons. The first-order valence-electron chi connectivity index (χ1n) is 12.5. The number of halogens is 3. The normalized spacial score (nSPS) is 41.9. The van der Waals surface area contributed by atoms with E-state index in [-0.39, 0.29) is 42.8 Å². The van der Waals surface area contributed by atoms with E-state index in [1.165, 1.54) is 0 Å². The Balaban J connectivity index is 1.78. The van der Waals surface area contributed by atoms with Crippen molar-refractivity contribution in [2.24, 2.45) is 34.5 Å². The highest BCUT2D eigenvalue weighted by molar-refractivity contribution is 5.92. The summed E-state index contributed by atoms with van der Waals surface area (Å²) in [5, 5.41) is 11.7. The predicted octanol–water partition coefficient (Wildman–Crippen LogP) is 3.71. The van der Waals surface area contributed by atoms with E-state index in [1.54, 1.807) is 13.0 Å². The molecule has 0 spiro atoms. The Kier molecular flexibility index (Phi) is 6.46. The minimum absolute atomic E-state index is 0.0245. The van der Waals surface area contributed by atoms with Gasteiger partial charge in [-0.15, -0.1) is 0 Å². The number of esters is 2. The molecule has 0 aromatic heterocycles. The van der Waals surface area contributed by atoms with E-state index >= 15 is 0 Å². The highest BCUT2D eigenvalue weighted by atomic mass is 19.4. The zero-order valence-corrected chi connectivity index (χ0v) is 20.9. The molecule has 4 aliphatic rings. The predicted molar refractivity (Wildman–Crippen MR) is 119 cm³/mol. The number of rotatable bonds is 4. The van der Waals surface area contributed by atoms with Crippen LogP contribution in [0.4, 0.5) is 13.2 Å². The van der Waals surface area contributed by atoms with E-state index in [0.717, 1.165) is 12.5 Å². The average Bonchev–Trinajstić information content (AvgIpc) is 3.04. The van der Waals surface area contributed by atoms with Gasteiger partial charge in [-0.3, -0.25) is 14.4 Å². The monoisotopic (exact) mass is 514 g/mol. The SMILES string of the molecule is CC(=O)OCC(=O)[C@@]1(O)CC[C@H]2[C@@H]3C[C@H](C)C4=CC(=O)CC[C@]4(C)[C@H]3[C@@H](OC(=O)C(F)(F)F)C[C@@]21C. The largest absolute Gasteiger partial charge is 0.490 e. The molecular formula is C26H33F3O7. The van der Waals surface area contributed by atoms with E-state index in [9.17, 15) is 37.5 Å². The van der Waals surface area contributed by atoms with Crippen molar-refractivity contribution in [2.45, 2.75) is 84.1 Å². The lowest BCUT2D eigenvalue weighted by Gasteiger charge is -2.62. The van der Waals surface area contributed by atoms with Crippen molar-refractivity contribution in [3.05, 3.63) is 11.6 Å². The fourth-order valence-corrected chi connectivity index (χ4v) is 8.15. The number of ketones is 2. The highest BCUT2D eigenvalue weighted by Crippen LogP contribution is 2.69. The maximum Gasteiger partial charge on any atom is 0.490 e. The maximum absolute atomic E-state index is 13.3. The van der Waals surface area contributed by atoms with Crippen molar-refractivity contribution < 1.29 is 46.9 Å². The third-order valence-corrected chi connectivity index (χ3v) is 9.70. The average molecular weight is 515 g/mol. The molecule has 1 N–H and O–H groups in total. The number of hydrogen-bond donors (Lipinski definition) is 1. The van der Waals surface area contributed by atoms with Gasteiger partial charge in [-0.2, -0.15) is 13.2 Å². The minimum atomic E-state index is -5.20. The van der Waals surface area contributed by atoms with Crippen LogP contribution in [-0.4, -0.2) is 53.1 Å². The molecule has 3 fully saturated rings. The zero-order chi connectivity index (χ0) is 26.8. The third kappa shape index (κ3) is 4.00.